The van der Waals surface area contributed by atoms with Crippen LogP contribution < -0.4 is 4.90 Å². The third kappa shape index (κ3) is 2.86. The van der Waals surface area contributed by atoms with Crippen LogP contribution in [-0.4, -0.2) is 42.8 Å². The second-order valence-electron chi connectivity index (χ2n) is 4.89. The van der Waals surface area contributed by atoms with Gasteiger partial charge in [-0.15, -0.1) is 11.3 Å². The molecule has 0 aromatic carbocycles. The first kappa shape index (κ1) is 12.5. The van der Waals surface area contributed by atoms with Gasteiger partial charge in [0, 0.05) is 24.2 Å². The normalized spacial score (nSPS) is 23.7. The van der Waals surface area contributed by atoms with Crippen molar-refractivity contribution >= 4 is 23.3 Å². The minimum absolute atomic E-state index is 0.0185. The van der Waals surface area contributed by atoms with E-state index in [-0.39, 0.29) is 18.3 Å². The summed E-state index contributed by atoms with van der Waals surface area (Å²) in [6.07, 6.45) is 0.696. The molecule has 0 amide bonds. The first-order chi connectivity index (χ1) is 8.04. The Morgan fingerprint density at radius 1 is 1.71 bits per heavy atom. The number of anilines is 1. The monoisotopic (exact) mass is 255 g/mol. The molecule has 0 spiro atoms. The molecule has 1 saturated heterocycles. The number of hydrogen-bond acceptors (Lipinski definition) is 5. The number of rotatable bonds is 3. The number of aldehydes is 1. The lowest BCUT2D eigenvalue weighted by atomic mass is 10.0. The van der Waals surface area contributed by atoms with Crippen molar-refractivity contribution < 1.29 is 14.6 Å². The molecule has 1 aromatic heterocycles. The number of morpholine rings is 1. The number of carbonyl (C=O) groups excluding carboxylic acids is 1. The van der Waals surface area contributed by atoms with Crippen LogP contribution in [0.5, 0.6) is 0 Å². The van der Waals surface area contributed by atoms with Gasteiger partial charge in [-0.1, -0.05) is 0 Å². The smallest absolute Gasteiger partial charge is 0.160 e. The highest BCUT2D eigenvalue weighted by Gasteiger charge is 2.33. The molecule has 17 heavy (non-hydrogen) atoms. The lowest BCUT2D eigenvalue weighted by Gasteiger charge is -2.43. The van der Waals surface area contributed by atoms with Gasteiger partial charge in [-0.05, 0) is 19.9 Å². The minimum atomic E-state index is -0.283. The van der Waals surface area contributed by atoms with Crippen molar-refractivity contribution in [2.75, 3.05) is 24.6 Å². The van der Waals surface area contributed by atoms with Crippen LogP contribution >= 0.6 is 11.3 Å². The van der Waals surface area contributed by atoms with E-state index in [4.69, 9.17) is 4.74 Å². The van der Waals surface area contributed by atoms with E-state index in [1.807, 2.05) is 25.3 Å². The summed E-state index contributed by atoms with van der Waals surface area (Å²) >= 11 is 1.44. The SMILES string of the molecule is CC1(C)CN(c2csc(C=O)c2)CC(CO)O1. The Balaban J connectivity index is 2.17. The molecule has 1 aliphatic heterocycles. The lowest BCUT2D eigenvalue weighted by Crippen LogP contribution is -2.53. The molecule has 1 unspecified atom stereocenters. The standard InChI is InChI=1S/C12H17NO3S/c1-12(2)8-13(4-10(5-14)16-12)9-3-11(6-15)17-7-9/h3,6-7,10,14H,4-5,8H2,1-2H3. The molecule has 0 aliphatic carbocycles. The molecule has 1 aromatic rings. The van der Waals surface area contributed by atoms with Gasteiger partial charge in [-0.25, -0.2) is 0 Å². The van der Waals surface area contributed by atoms with Crippen molar-refractivity contribution in [3.63, 3.8) is 0 Å². The molecule has 0 saturated carbocycles. The second-order valence-corrected chi connectivity index (χ2v) is 5.83. The molecule has 2 heterocycles. The maximum atomic E-state index is 10.7. The molecule has 5 heteroatoms. The van der Waals surface area contributed by atoms with E-state index in [1.54, 1.807) is 0 Å². The Morgan fingerprint density at radius 2 is 2.47 bits per heavy atom. The topological polar surface area (TPSA) is 49.8 Å². The first-order valence-corrected chi connectivity index (χ1v) is 6.49. The van der Waals surface area contributed by atoms with E-state index in [0.717, 1.165) is 23.4 Å². The summed E-state index contributed by atoms with van der Waals surface area (Å²) in [4.78, 5) is 13.6. The Bertz CT molecular complexity index is 402. The van der Waals surface area contributed by atoms with Crippen molar-refractivity contribution in [3.8, 4) is 0 Å². The fourth-order valence-electron chi connectivity index (χ4n) is 2.16. The molecular weight excluding hydrogens is 238 g/mol. The number of hydrogen-bond donors (Lipinski definition) is 1. The molecule has 1 atom stereocenters. The summed E-state index contributed by atoms with van der Waals surface area (Å²) in [6, 6.07) is 1.88. The predicted octanol–water partition coefficient (Wildman–Crippen LogP) is 1.54. The number of aliphatic hydroxyl groups excluding tert-OH is 1. The highest BCUT2D eigenvalue weighted by Crippen LogP contribution is 2.28. The Labute approximate surface area is 105 Å². The molecule has 1 N–H and O–H groups in total. The summed E-state index contributed by atoms with van der Waals surface area (Å²) in [5.74, 6) is 0. The largest absolute Gasteiger partial charge is 0.394 e. The van der Waals surface area contributed by atoms with Gasteiger partial charge in [-0.3, -0.25) is 4.79 Å². The van der Waals surface area contributed by atoms with Crippen LogP contribution in [0, 0.1) is 0 Å². The summed E-state index contributed by atoms with van der Waals surface area (Å²) in [6.45, 7) is 5.46. The average Bonchev–Trinajstić information content (AvgIpc) is 2.75. The van der Waals surface area contributed by atoms with Crippen LogP contribution in [0.1, 0.15) is 23.5 Å². The van der Waals surface area contributed by atoms with Crippen molar-refractivity contribution in [2.45, 2.75) is 25.6 Å². The quantitative estimate of drug-likeness (QED) is 0.832. The third-order valence-corrected chi connectivity index (χ3v) is 3.62. The summed E-state index contributed by atoms with van der Waals surface area (Å²) in [5.41, 5.74) is 0.751. The van der Waals surface area contributed by atoms with Crippen molar-refractivity contribution in [2.24, 2.45) is 0 Å². The molecule has 0 bridgehead atoms. The van der Waals surface area contributed by atoms with Crippen LogP contribution in [-0.2, 0) is 4.74 Å². The molecule has 94 valence electrons. The van der Waals surface area contributed by atoms with Gasteiger partial charge >= 0.3 is 0 Å². The van der Waals surface area contributed by atoms with Gasteiger partial charge in [0.2, 0.25) is 0 Å². The van der Waals surface area contributed by atoms with E-state index in [9.17, 15) is 9.90 Å². The number of aliphatic hydroxyl groups is 1. The van der Waals surface area contributed by atoms with Crippen LogP contribution in [0.4, 0.5) is 5.69 Å². The van der Waals surface area contributed by atoms with Gasteiger partial charge < -0.3 is 14.7 Å². The number of thiophene rings is 1. The zero-order valence-electron chi connectivity index (χ0n) is 10.0. The summed E-state index contributed by atoms with van der Waals surface area (Å²) < 4.78 is 5.75. The van der Waals surface area contributed by atoms with Gasteiger partial charge in [0.25, 0.3) is 0 Å². The van der Waals surface area contributed by atoms with E-state index >= 15 is 0 Å². The van der Waals surface area contributed by atoms with Crippen molar-refractivity contribution in [1.82, 2.24) is 0 Å². The minimum Gasteiger partial charge on any atom is -0.394 e. The Kier molecular flexibility index (Phi) is 3.51. The van der Waals surface area contributed by atoms with Crippen LogP contribution in [0.3, 0.4) is 0 Å². The second kappa shape index (κ2) is 4.76. The van der Waals surface area contributed by atoms with Crippen LogP contribution in [0.15, 0.2) is 11.4 Å². The van der Waals surface area contributed by atoms with Gasteiger partial charge in [-0.2, -0.15) is 0 Å². The molecule has 0 radical (unpaired) electrons. The maximum Gasteiger partial charge on any atom is 0.160 e. The number of ether oxygens (including phenoxy) is 1. The van der Waals surface area contributed by atoms with E-state index < -0.39 is 0 Å². The third-order valence-electron chi connectivity index (χ3n) is 2.77. The highest BCUT2D eigenvalue weighted by atomic mass is 32.1. The molecular formula is C12H17NO3S. The average molecular weight is 255 g/mol. The van der Waals surface area contributed by atoms with Gasteiger partial charge in [0.05, 0.1) is 23.2 Å². The Morgan fingerprint density at radius 3 is 3.06 bits per heavy atom. The zero-order valence-corrected chi connectivity index (χ0v) is 10.9. The molecule has 1 aliphatic rings. The predicted molar refractivity (Wildman–Crippen MR) is 68.0 cm³/mol. The fourth-order valence-corrected chi connectivity index (χ4v) is 2.88. The Hall–Kier alpha value is -0.910. The molecule has 1 fully saturated rings. The summed E-state index contributed by atoms with van der Waals surface area (Å²) in [5, 5.41) is 11.2. The van der Waals surface area contributed by atoms with E-state index in [2.05, 4.69) is 4.90 Å². The van der Waals surface area contributed by atoms with Crippen molar-refractivity contribution in [1.29, 1.82) is 0 Å². The molecule has 4 nitrogen and oxygen atoms in total. The van der Waals surface area contributed by atoms with Gasteiger partial charge in [0.15, 0.2) is 6.29 Å². The summed E-state index contributed by atoms with van der Waals surface area (Å²) in [7, 11) is 0. The van der Waals surface area contributed by atoms with Gasteiger partial charge in [0.1, 0.15) is 0 Å². The van der Waals surface area contributed by atoms with Crippen LogP contribution in [0.2, 0.25) is 0 Å². The van der Waals surface area contributed by atoms with Crippen LogP contribution in [0.25, 0.3) is 0 Å². The first-order valence-electron chi connectivity index (χ1n) is 5.61. The van der Waals surface area contributed by atoms with E-state index in [0.29, 0.717) is 6.54 Å². The maximum absolute atomic E-state index is 10.7. The zero-order chi connectivity index (χ0) is 12.5. The number of nitrogens with zero attached hydrogens (tertiary/aromatic N) is 1. The lowest BCUT2D eigenvalue weighted by molar-refractivity contribution is -0.101. The molecule has 2 rings (SSSR count). The van der Waals surface area contributed by atoms with E-state index in [1.165, 1.54) is 11.3 Å². The highest BCUT2D eigenvalue weighted by molar-refractivity contribution is 7.12. The fraction of sp³-hybridized carbons (Fsp3) is 0.583. The van der Waals surface area contributed by atoms with Crippen molar-refractivity contribution in [3.05, 3.63) is 16.3 Å². The number of carbonyl (C=O) groups is 1.